The Bertz CT molecular complexity index is 650. The molecule has 0 saturated carbocycles. The second kappa shape index (κ2) is 6.35. The van der Waals surface area contributed by atoms with Crippen molar-refractivity contribution in [3.63, 3.8) is 0 Å². The van der Waals surface area contributed by atoms with E-state index in [-0.39, 0.29) is 17.9 Å². The average molecular weight is 293 g/mol. The molecule has 22 heavy (non-hydrogen) atoms. The first-order chi connectivity index (χ1) is 10.7. The van der Waals surface area contributed by atoms with Gasteiger partial charge in [-0.2, -0.15) is 0 Å². The fraction of sp³-hybridized carbons (Fsp3) is 0.350. The first-order valence-electron chi connectivity index (χ1n) is 8.18. The Hall–Kier alpha value is -2.09. The number of benzene rings is 2. The lowest BCUT2D eigenvalue weighted by Crippen LogP contribution is -2.44. The van der Waals surface area contributed by atoms with Crippen LogP contribution in [-0.2, 0) is 11.2 Å². The number of amides is 1. The van der Waals surface area contributed by atoms with Crippen molar-refractivity contribution < 1.29 is 4.79 Å². The summed E-state index contributed by atoms with van der Waals surface area (Å²) in [6.45, 7) is 4.25. The van der Waals surface area contributed by atoms with Crippen molar-refractivity contribution in [3.8, 4) is 0 Å². The quantitative estimate of drug-likeness (QED) is 0.813. The Balaban J connectivity index is 1.97. The van der Waals surface area contributed by atoms with Gasteiger partial charge in [-0.1, -0.05) is 55.5 Å². The molecule has 1 aliphatic rings. The van der Waals surface area contributed by atoms with Crippen LogP contribution >= 0.6 is 0 Å². The van der Waals surface area contributed by atoms with E-state index in [1.54, 1.807) is 0 Å². The molecule has 0 N–H and O–H groups in total. The summed E-state index contributed by atoms with van der Waals surface area (Å²) in [5, 5.41) is 0. The number of hydrogen-bond acceptors (Lipinski definition) is 1. The van der Waals surface area contributed by atoms with Crippen LogP contribution in [0.15, 0.2) is 54.6 Å². The summed E-state index contributed by atoms with van der Waals surface area (Å²) in [6, 6.07) is 18.7. The van der Waals surface area contributed by atoms with Crippen LogP contribution in [0.2, 0.25) is 0 Å². The third-order valence-corrected chi connectivity index (χ3v) is 4.67. The largest absolute Gasteiger partial charge is 0.309 e. The van der Waals surface area contributed by atoms with Crippen molar-refractivity contribution in [2.45, 2.75) is 45.1 Å². The molecule has 0 aromatic heterocycles. The van der Waals surface area contributed by atoms with E-state index in [9.17, 15) is 4.79 Å². The molecule has 0 aliphatic carbocycles. The van der Waals surface area contributed by atoms with Crippen LogP contribution in [0, 0.1) is 0 Å². The monoisotopic (exact) mass is 293 g/mol. The van der Waals surface area contributed by atoms with E-state index in [1.807, 2.05) is 29.2 Å². The molecule has 1 aliphatic heterocycles. The van der Waals surface area contributed by atoms with Gasteiger partial charge in [0.05, 0.1) is 5.92 Å². The normalized spacial score (nSPS) is 18.6. The molecule has 2 heteroatoms. The van der Waals surface area contributed by atoms with Gasteiger partial charge in [0.1, 0.15) is 0 Å². The summed E-state index contributed by atoms with van der Waals surface area (Å²) in [6.07, 6.45) is 2.92. The maximum absolute atomic E-state index is 13.2. The maximum atomic E-state index is 13.2. The second-order valence-corrected chi connectivity index (χ2v) is 6.10. The molecule has 0 radical (unpaired) electrons. The number of fused-ring (bicyclic) bond motifs is 1. The number of aryl methyl sites for hydroxylation is 1. The average Bonchev–Trinajstić information content (AvgIpc) is 2.56. The Labute approximate surface area is 132 Å². The second-order valence-electron chi connectivity index (χ2n) is 6.10. The molecule has 2 atom stereocenters. The van der Waals surface area contributed by atoms with E-state index in [0.29, 0.717) is 0 Å². The third kappa shape index (κ3) is 2.66. The molecule has 2 aromatic carbocycles. The predicted octanol–water partition coefficient (Wildman–Crippen LogP) is 4.55. The molecule has 3 rings (SSSR count). The summed E-state index contributed by atoms with van der Waals surface area (Å²) in [5.41, 5.74) is 3.50. The summed E-state index contributed by atoms with van der Waals surface area (Å²) >= 11 is 0. The minimum atomic E-state index is -0.0604. The number of anilines is 1. The highest BCUT2D eigenvalue weighted by molar-refractivity contribution is 5.99. The van der Waals surface area contributed by atoms with Crippen molar-refractivity contribution >= 4 is 11.6 Å². The standard InChI is InChI=1S/C20H23NO/c1-3-18(16-9-5-4-6-10-16)20(22)21-15(2)13-14-17-11-7-8-12-19(17)21/h4-12,15,18H,3,13-14H2,1-2H3. The highest BCUT2D eigenvalue weighted by atomic mass is 16.2. The van der Waals surface area contributed by atoms with E-state index in [1.165, 1.54) is 5.56 Å². The van der Waals surface area contributed by atoms with E-state index < -0.39 is 0 Å². The fourth-order valence-corrected chi connectivity index (χ4v) is 3.43. The summed E-state index contributed by atoms with van der Waals surface area (Å²) in [5.74, 6) is 0.170. The molecule has 1 heterocycles. The number of para-hydroxylation sites is 1. The van der Waals surface area contributed by atoms with Crippen LogP contribution in [-0.4, -0.2) is 11.9 Å². The number of carbonyl (C=O) groups is 1. The highest BCUT2D eigenvalue weighted by Crippen LogP contribution is 2.34. The first-order valence-corrected chi connectivity index (χ1v) is 8.18. The van der Waals surface area contributed by atoms with Gasteiger partial charge in [0.25, 0.3) is 0 Å². The minimum absolute atomic E-state index is 0.0604. The topological polar surface area (TPSA) is 20.3 Å². The van der Waals surface area contributed by atoms with E-state index in [4.69, 9.17) is 0 Å². The van der Waals surface area contributed by atoms with Gasteiger partial charge in [0.15, 0.2) is 0 Å². The van der Waals surface area contributed by atoms with Crippen LogP contribution in [0.1, 0.15) is 43.7 Å². The van der Waals surface area contributed by atoms with Crippen molar-refractivity contribution in [1.82, 2.24) is 0 Å². The lowest BCUT2D eigenvalue weighted by atomic mass is 9.91. The van der Waals surface area contributed by atoms with Gasteiger partial charge < -0.3 is 4.90 Å². The van der Waals surface area contributed by atoms with Gasteiger partial charge in [-0.05, 0) is 43.4 Å². The number of carbonyl (C=O) groups excluding carboxylic acids is 1. The molecule has 1 amide bonds. The van der Waals surface area contributed by atoms with Crippen LogP contribution in [0.3, 0.4) is 0 Å². The van der Waals surface area contributed by atoms with Gasteiger partial charge in [-0.15, -0.1) is 0 Å². The zero-order valence-corrected chi connectivity index (χ0v) is 13.3. The first kappa shape index (κ1) is 14.8. The molecular formula is C20H23NO. The Kier molecular flexibility index (Phi) is 4.28. The predicted molar refractivity (Wildman–Crippen MR) is 91.2 cm³/mol. The molecule has 0 fully saturated rings. The van der Waals surface area contributed by atoms with Crippen LogP contribution in [0.5, 0.6) is 0 Å². The Morgan fingerprint density at radius 1 is 1.14 bits per heavy atom. The molecule has 0 saturated heterocycles. The summed E-state index contributed by atoms with van der Waals surface area (Å²) in [7, 11) is 0. The lowest BCUT2D eigenvalue weighted by Gasteiger charge is -2.37. The van der Waals surface area contributed by atoms with Crippen molar-refractivity contribution in [3.05, 3.63) is 65.7 Å². The minimum Gasteiger partial charge on any atom is -0.309 e. The van der Waals surface area contributed by atoms with Gasteiger partial charge in [0, 0.05) is 11.7 Å². The molecule has 2 unspecified atom stereocenters. The molecule has 2 aromatic rings. The van der Waals surface area contributed by atoms with Crippen LogP contribution in [0.4, 0.5) is 5.69 Å². The summed E-state index contributed by atoms with van der Waals surface area (Å²) < 4.78 is 0. The van der Waals surface area contributed by atoms with Crippen LogP contribution < -0.4 is 4.90 Å². The zero-order valence-electron chi connectivity index (χ0n) is 13.3. The Morgan fingerprint density at radius 3 is 2.55 bits per heavy atom. The molecule has 0 spiro atoms. The van der Waals surface area contributed by atoms with Crippen LogP contribution in [0.25, 0.3) is 0 Å². The maximum Gasteiger partial charge on any atom is 0.234 e. The van der Waals surface area contributed by atoms with E-state index in [0.717, 1.165) is 30.5 Å². The lowest BCUT2D eigenvalue weighted by molar-refractivity contribution is -0.120. The molecule has 2 nitrogen and oxygen atoms in total. The fourth-order valence-electron chi connectivity index (χ4n) is 3.43. The smallest absolute Gasteiger partial charge is 0.234 e. The van der Waals surface area contributed by atoms with E-state index in [2.05, 4.69) is 44.2 Å². The zero-order chi connectivity index (χ0) is 15.5. The molecular weight excluding hydrogens is 270 g/mol. The number of rotatable bonds is 3. The third-order valence-electron chi connectivity index (χ3n) is 4.67. The van der Waals surface area contributed by atoms with Gasteiger partial charge in [-0.3, -0.25) is 4.79 Å². The number of nitrogens with zero attached hydrogens (tertiary/aromatic N) is 1. The SMILES string of the molecule is CCC(C(=O)N1c2ccccc2CCC1C)c1ccccc1. The Morgan fingerprint density at radius 2 is 1.82 bits per heavy atom. The molecule has 0 bridgehead atoms. The van der Waals surface area contributed by atoms with Crippen molar-refractivity contribution in [2.75, 3.05) is 4.90 Å². The van der Waals surface area contributed by atoms with E-state index >= 15 is 0 Å². The highest BCUT2D eigenvalue weighted by Gasteiger charge is 2.32. The number of hydrogen-bond donors (Lipinski definition) is 0. The van der Waals surface area contributed by atoms with Gasteiger partial charge in [-0.25, -0.2) is 0 Å². The summed E-state index contributed by atoms with van der Waals surface area (Å²) in [4.78, 5) is 15.3. The van der Waals surface area contributed by atoms with Crippen molar-refractivity contribution in [1.29, 1.82) is 0 Å². The van der Waals surface area contributed by atoms with Gasteiger partial charge >= 0.3 is 0 Å². The van der Waals surface area contributed by atoms with Gasteiger partial charge in [0.2, 0.25) is 5.91 Å². The molecule has 114 valence electrons. The van der Waals surface area contributed by atoms with Crippen molar-refractivity contribution in [2.24, 2.45) is 0 Å².